The summed E-state index contributed by atoms with van der Waals surface area (Å²) in [4.78, 5) is 17.4. The first-order chi connectivity index (χ1) is 11.6. The summed E-state index contributed by atoms with van der Waals surface area (Å²) in [5.74, 6) is -0.239. The number of aromatic nitrogens is 1. The number of carbonyl (C=O) groups is 1. The van der Waals surface area contributed by atoms with Crippen molar-refractivity contribution in [2.24, 2.45) is 5.10 Å². The standard InChI is InChI=1S/C19H17N3OS/c1-13-8-6-7-11-16(13)12-20-22-18(23)17-14(2)21-19(24-17)15-9-4-3-5-10-15/h3-12H,1-2H3,(H,22,23)/b20-12+. The Kier molecular flexibility index (Phi) is 4.82. The van der Waals surface area contributed by atoms with Crippen molar-refractivity contribution in [1.29, 1.82) is 0 Å². The van der Waals surface area contributed by atoms with Gasteiger partial charge in [0.2, 0.25) is 0 Å². The van der Waals surface area contributed by atoms with E-state index in [1.807, 2.05) is 68.4 Å². The van der Waals surface area contributed by atoms with Gasteiger partial charge in [0.15, 0.2) is 0 Å². The first-order valence-electron chi connectivity index (χ1n) is 7.57. The summed E-state index contributed by atoms with van der Waals surface area (Å²) in [5.41, 5.74) is 6.38. The molecule has 0 aliphatic carbocycles. The quantitative estimate of drug-likeness (QED) is 0.574. The highest BCUT2D eigenvalue weighted by Crippen LogP contribution is 2.27. The van der Waals surface area contributed by atoms with Crippen LogP contribution in [0.1, 0.15) is 26.5 Å². The SMILES string of the molecule is Cc1ccccc1/C=N/NC(=O)c1sc(-c2ccccc2)nc1C. The molecule has 1 N–H and O–H groups in total. The maximum absolute atomic E-state index is 12.3. The minimum absolute atomic E-state index is 0.239. The number of hydrazone groups is 1. The maximum Gasteiger partial charge on any atom is 0.283 e. The van der Waals surface area contributed by atoms with Crippen LogP contribution in [0.15, 0.2) is 59.7 Å². The number of carbonyl (C=O) groups excluding carboxylic acids is 1. The van der Waals surface area contributed by atoms with E-state index in [2.05, 4.69) is 15.5 Å². The minimum Gasteiger partial charge on any atom is -0.266 e. The monoisotopic (exact) mass is 335 g/mol. The topological polar surface area (TPSA) is 54.4 Å². The van der Waals surface area contributed by atoms with Crippen LogP contribution in [0.4, 0.5) is 0 Å². The molecular weight excluding hydrogens is 318 g/mol. The fraction of sp³-hybridized carbons (Fsp3) is 0.105. The third-order valence-electron chi connectivity index (χ3n) is 3.58. The molecule has 0 fully saturated rings. The molecule has 0 atom stereocenters. The second-order valence-electron chi connectivity index (χ2n) is 5.36. The Labute approximate surface area is 144 Å². The Morgan fingerprint density at radius 2 is 1.79 bits per heavy atom. The van der Waals surface area contributed by atoms with E-state index < -0.39 is 0 Å². The van der Waals surface area contributed by atoms with Gasteiger partial charge in [-0.15, -0.1) is 11.3 Å². The Balaban J connectivity index is 1.74. The number of aryl methyl sites for hydroxylation is 2. The second-order valence-corrected chi connectivity index (χ2v) is 6.35. The number of hydrogen-bond acceptors (Lipinski definition) is 4. The predicted molar refractivity (Wildman–Crippen MR) is 98.5 cm³/mol. The van der Waals surface area contributed by atoms with E-state index in [1.165, 1.54) is 11.3 Å². The fourth-order valence-electron chi connectivity index (χ4n) is 2.25. The minimum atomic E-state index is -0.239. The van der Waals surface area contributed by atoms with Crippen LogP contribution in [0.3, 0.4) is 0 Å². The van der Waals surface area contributed by atoms with E-state index in [4.69, 9.17) is 0 Å². The summed E-state index contributed by atoms with van der Waals surface area (Å²) in [6.07, 6.45) is 1.65. The van der Waals surface area contributed by atoms with Crippen LogP contribution in [0.25, 0.3) is 10.6 Å². The molecule has 0 saturated carbocycles. The maximum atomic E-state index is 12.3. The third-order valence-corrected chi connectivity index (χ3v) is 4.79. The zero-order valence-corrected chi connectivity index (χ0v) is 14.3. The summed E-state index contributed by atoms with van der Waals surface area (Å²) < 4.78 is 0. The van der Waals surface area contributed by atoms with Crippen molar-refractivity contribution in [2.75, 3.05) is 0 Å². The van der Waals surface area contributed by atoms with Crippen LogP contribution in [-0.2, 0) is 0 Å². The zero-order valence-electron chi connectivity index (χ0n) is 13.5. The number of thiazole rings is 1. The molecule has 3 rings (SSSR count). The molecule has 0 saturated heterocycles. The van der Waals surface area contributed by atoms with Gasteiger partial charge in [-0.1, -0.05) is 54.6 Å². The number of benzene rings is 2. The van der Waals surface area contributed by atoms with Gasteiger partial charge >= 0.3 is 0 Å². The third kappa shape index (κ3) is 3.58. The molecule has 4 nitrogen and oxygen atoms in total. The van der Waals surface area contributed by atoms with Crippen LogP contribution in [-0.4, -0.2) is 17.1 Å². The molecule has 0 aliphatic rings. The van der Waals surface area contributed by atoms with Crippen LogP contribution in [0.2, 0.25) is 0 Å². The van der Waals surface area contributed by atoms with Crippen molar-refractivity contribution in [2.45, 2.75) is 13.8 Å². The molecule has 3 aromatic rings. The molecule has 0 radical (unpaired) electrons. The average molecular weight is 335 g/mol. The molecule has 0 unspecified atom stereocenters. The first-order valence-corrected chi connectivity index (χ1v) is 8.38. The van der Waals surface area contributed by atoms with Gasteiger partial charge in [0, 0.05) is 5.56 Å². The van der Waals surface area contributed by atoms with Crippen LogP contribution in [0, 0.1) is 13.8 Å². The Bertz CT molecular complexity index is 885. The molecule has 2 aromatic carbocycles. The molecule has 1 heterocycles. The van der Waals surface area contributed by atoms with Gasteiger partial charge in [-0.25, -0.2) is 10.4 Å². The summed E-state index contributed by atoms with van der Waals surface area (Å²) in [5, 5.41) is 4.89. The smallest absolute Gasteiger partial charge is 0.266 e. The molecule has 24 heavy (non-hydrogen) atoms. The Hall–Kier alpha value is -2.79. The van der Waals surface area contributed by atoms with Gasteiger partial charge in [0.05, 0.1) is 11.9 Å². The second kappa shape index (κ2) is 7.19. The van der Waals surface area contributed by atoms with E-state index in [0.29, 0.717) is 10.6 Å². The largest absolute Gasteiger partial charge is 0.283 e. The molecule has 5 heteroatoms. The Morgan fingerprint density at radius 1 is 1.08 bits per heavy atom. The molecule has 1 amide bonds. The van der Waals surface area contributed by atoms with Crippen molar-refractivity contribution in [1.82, 2.24) is 10.4 Å². The lowest BCUT2D eigenvalue weighted by atomic mass is 10.1. The van der Waals surface area contributed by atoms with E-state index in [9.17, 15) is 4.79 Å². The number of amides is 1. The van der Waals surface area contributed by atoms with E-state index in [1.54, 1.807) is 6.21 Å². The fourth-order valence-corrected chi connectivity index (χ4v) is 3.22. The van der Waals surface area contributed by atoms with Gasteiger partial charge in [0.25, 0.3) is 5.91 Å². The highest BCUT2D eigenvalue weighted by Gasteiger charge is 2.15. The van der Waals surface area contributed by atoms with Crippen LogP contribution < -0.4 is 5.43 Å². The highest BCUT2D eigenvalue weighted by atomic mass is 32.1. The van der Waals surface area contributed by atoms with Crippen LogP contribution in [0.5, 0.6) is 0 Å². The number of nitrogens with one attached hydrogen (secondary N) is 1. The van der Waals surface area contributed by atoms with Crippen molar-refractivity contribution < 1.29 is 4.79 Å². The molecule has 120 valence electrons. The van der Waals surface area contributed by atoms with Gasteiger partial charge in [0.1, 0.15) is 9.88 Å². The first kappa shape index (κ1) is 16.1. The Morgan fingerprint density at radius 3 is 2.54 bits per heavy atom. The lowest BCUT2D eigenvalue weighted by Gasteiger charge is -1.99. The summed E-state index contributed by atoms with van der Waals surface area (Å²) in [6, 6.07) is 17.7. The number of nitrogens with zero attached hydrogens (tertiary/aromatic N) is 2. The molecule has 0 spiro atoms. The van der Waals surface area contributed by atoms with Crippen molar-refractivity contribution in [3.63, 3.8) is 0 Å². The van der Waals surface area contributed by atoms with Gasteiger partial charge in [-0.3, -0.25) is 4.79 Å². The highest BCUT2D eigenvalue weighted by molar-refractivity contribution is 7.17. The molecule has 0 bridgehead atoms. The molecule has 1 aromatic heterocycles. The van der Waals surface area contributed by atoms with Gasteiger partial charge < -0.3 is 0 Å². The van der Waals surface area contributed by atoms with Crippen molar-refractivity contribution in [3.8, 4) is 10.6 Å². The predicted octanol–water partition coefficient (Wildman–Crippen LogP) is 4.19. The van der Waals surface area contributed by atoms with E-state index in [0.717, 1.165) is 21.7 Å². The molecular formula is C19H17N3OS. The normalized spacial score (nSPS) is 10.9. The lowest BCUT2D eigenvalue weighted by Crippen LogP contribution is -2.17. The van der Waals surface area contributed by atoms with Crippen molar-refractivity contribution >= 4 is 23.5 Å². The summed E-state index contributed by atoms with van der Waals surface area (Å²) in [6.45, 7) is 3.84. The zero-order chi connectivity index (χ0) is 16.9. The summed E-state index contributed by atoms with van der Waals surface area (Å²) in [7, 11) is 0. The molecule has 0 aliphatic heterocycles. The number of hydrogen-bond donors (Lipinski definition) is 1. The lowest BCUT2D eigenvalue weighted by molar-refractivity contribution is 0.0958. The van der Waals surface area contributed by atoms with E-state index >= 15 is 0 Å². The summed E-state index contributed by atoms with van der Waals surface area (Å²) >= 11 is 1.37. The van der Waals surface area contributed by atoms with Crippen molar-refractivity contribution in [3.05, 3.63) is 76.3 Å². The van der Waals surface area contributed by atoms with E-state index in [-0.39, 0.29) is 5.91 Å². The number of rotatable bonds is 4. The van der Waals surface area contributed by atoms with Crippen LogP contribution >= 0.6 is 11.3 Å². The average Bonchev–Trinajstić information content (AvgIpc) is 2.99. The van der Waals surface area contributed by atoms with Gasteiger partial charge in [-0.05, 0) is 25.0 Å². The van der Waals surface area contributed by atoms with Gasteiger partial charge in [-0.2, -0.15) is 5.10 Å².